The van der Waals surface area contributed by atoms with Crippen LogP contribution in [0, 0.1) is 0 Å². The van der Waals surface area contributed by atoms with E-state index in [0.717, 1.165) is 6.07 Å². The number of benzene rings is 2. The van der Waals surface area contributed by atoms with Gasteiger partial charge in [0.25, 0.3) is 10.0 Å². The number of carboxylic acids is 1. The molecular formula is C13H11ClN2O4S. The lowest BCUT2D eigenvalue weighted by Crippen LogP contribution is -2.29. The number of nitrogens with one attached hydrogen (secondary N) is 2. The zero-order chi connectivity index (χ0) is 15.5. The van der Waals surface area contributed by atoms with Crippen LogP contribution in [0.3, 0.4) is 0 Å². The van der Waals surface area contributed by atoms with Crippen molar-refractivity contribution in [3.63, 3.8) is 0 Å². The van der Waals surface area contributed by atoms with Gasteiger partial charge in [0.2, 0.25) is 0 Å². The van der Waals surface area contributed by atoms with Crippen molar-refractivity contribution in [2.24, 2.45) is 0 Å². The first-order valence-corrected chi connectivity index (χ1v) is 7.62. The van der Waals surface area contributed by atoms with Crippen LogP contribution < -0.4 is 10.3 Å². The first kappa shape index (κ1) is 15.3. The Bertz CT molecular complexity index is 763. The van der Waals surface area contributed by atoms with Crippen LogP contribution in [-0.2, 0) is 10.0 Å². The average Bonchev–Trinajstić information content (AvgIpc) is 2.46. The summed E-state index contributed by atoms with van der Waals surface area (Å²) in [4.78, 5) is 12.7. The monoisotopic (exact) mass is 326 g/mol. The number of para-hydroxylation sites is 1. The molecule has 3 N–H and O–H groups in total. The van der Waals surface area contributed by atoms with Crippen LogP contribution in [0.5, 0.6) is 0 Å². The number of hydrazine groups is 1. The van der Waals surface area contributed by atoms with Gasteiger partial charge in [-0.3, -0.25) is 0 Å². The van der Waals surface area contributed by atoms with Gasteiger partial charge in [-0.1, -0.05) is 29.8 Å². The van der Waals surface area contributed by atoms with Crippen molar-refractivity contribution in [3.8, 4) is 0 Å². The van der Waals surface area contributed by atoms with E-state index >= 15 is 0 Å². The van der Waals surface area contributed by atoms with E-state index < -0.39 is 16.0 Å². The summed E-state index contributed by atoms with van der Waals surface area (Å²) in [5.41, 5.74) is 2.88. The highest BCUT2D eigenvalue weighted by Crippen LogP contribution is 2.22. The molecule has 8 heteroatoms. The molecule has 0 unspecified atom stereocenters. The Balaban J connectivity index is 2.27. The Hall–Kier alpha value is -2.09. The second-order valence-electron chi connectivity index (χ2n) is 4.05. The molecule has 2 rings (SSSR count). The Morgan fingerprint density at radius 2 is 1.76 bits per heavy atom. The van der Waals surface area contributed by atoms with Gasteiger partial charge in [0.05, 0.1) is 10.6 Å². The normalized spacial score (nSPS) is 11.1. The largest absolute Gasteiger partial charge is 0.478 e. The van der Waals surface area contributed by atoms with Crippen LogP contribution in [0.15, 0.2) is 53.4 Å². The molecule has 0 fully saturated rings. The summed E-state index contributed by atoms with van der Waals surface area (Å²) in [6, 6.07) is 12.0. The summed E-state index contributed by atoms with van der Waals surface area (Å²) in [5, 5.41) is 8.83. The molecule has 21 heavy (non-hydrogen) atoms. The highest BCUT2D eigenvalue weighted by molar-refractivity contribution is 7.89. The van der Waals surface area contributed by atoms with Gasteiger partial charge in [0, 0.05) is 5.69 Å². The van der Waals surface area contributed by atoms with Gasteiger partial charge < -0.3 is 10.5 Å². The van der Waals surface area contributed by atoms with Crippen LogP contribution in [0.4, 0.5) is 5.69 Å². The third-order valence-corrected chi connectivity index (χ3v) is 4.30. The summed E-state index contributed by atoms with van der Waals surface area (Å²) < 4.78 is 24.3. The topological polar surface area (TPSA) is 95.5 Å². The van der Waals surface area contributed by atoms with E-state index in [4.69, 9.17) is 16.7 Å². The molecule has 0 bridgehead atoms. The summed E-state index contributed by atoms with van der Waals surface area (Å²) >= 11 is 5.83. The third kappa shape index (κ3) is 3.72. The van der Waals surface area contributed by atoms with Gasteiger partial charge in [-0.15, -0.1) is 4.83 Å². The fourth-order valence-electron chi connectivity index (χ4n) is 1.54. The fraction of sp³-hybridized carbons (Fsp3) is 0. The highest BCUT2D eigenvalue weighted by atomic mass is 35.5. The van der Waals surface area contributed by atoms with Gasteiger partial charge in [-0.25, -0.2) is 13.2 Å². The quantitative estimate of drug-likeness (QED) is 0.733. The van der Waals surface area contributed by atoms with Gasteiger partial charge >= 0.3 is 5.97 Å². The Kier molecular flexibility index (Phi) is 4.46. The molecule has 0 aliphatic carbocycles. The molecule has 0 aliphatic rings. The van der Waals surface area contributed by atoms with E-state index in [-0.39, 0.29) is 15.5 Å². The van der Waals surface area contributed by atoms with E-state index in [9.17, 15) is 13.2 Å². The van der Waals surface area contributed by atoms with Crippen molar-refractivity contribution in [3.05, 3.63) is 59.1 Å². The number of carbonyl (C=O) groups is 1. The van der Waals surface area contributed by atoms with Crippen molar-refractivity contribution >= 4 is 33.3 Å². The van der Waals surface area contributed by atoms with Crippen molar-refractivity contribution in [2.75, 3.05) is 5.43 Å². The summed E-state index contributed by atoms with van der Waals surface area (Å²) in [7, 11) is -4.00. The van der Waals surface area contributed by atoms with Gasteiger partial charge in [0.1, 0.15) is 4.90 Å². The average molecular weight is 327 g/mol. The second kappa shape index (κ2) is 6.13. The molecule has 0 aromatic heterocycles. The summed E-state index contributed by atoms with van der Waals surface area (Å²) in [6.07, 6.45) is 0. The molecule has 0 saturated carbocycles. The molecule has 2 aromatic carbocycles. The van der Waals surface area contributed by atoms with E-state index in [0.29, 0.717) is 5.69 Å². The Morgan fingerprint density at radius 1 is 1.10 bits per heavy atom. The van der Waals surface area contributed by atoms with Crippen LogP contribution in [0.1, 0.15) is 10.4 Å². The lowest BCUT2D eigenvalue weighted by Gasteiger charge is -2.11. The predicted octanol–water partition coefficient (Wildman–Crippen LogP) is 2.34. The number of hydrogen-bond donors (Lipinski definition) is 3. The van der Waals surface area contributed by atoms with E-state index in [2.05, 4.69) is 10.3 Å². The number of carboxylic acid groups (broad SMARTS) is 1. The van der Waals surface area contributed by atoms with Gasteiger partial charge in [-0.2, -0.15) is 0 Å². The van der Waals surface area contributed by atoms with Crippen molar-refractivity contribution in [2.45, 2.75) is 4.90 Å². The van der Waals surface area contributed by atoms with Crippen LogP contribution in [-0.4, -0.2) is 19.5 Å². The fourth-order valence-corrected chi connectivity index (χ4v) is 2.94. The Morgan fingerprint density at radius 3 is 2.38 bits per heavy atom. The van der Waals surface area contributed by atoms with Gasteiger partial charge in [0.15, 0.2) is 0 Å². The molecule has 0 amide bonds. The van der Waals surface area contributed by atoms with Crippen LogP contribution >= 0.6 is 11.6 Å². The first-order chi connectivity index (χ1) is 9.90. The predicted molar refractivity (Wildman–Crippen MR) is 78.8 cm³/mol. The molecule has 6 nitrogen and oxygen atoms in total. The molecule has 110 valence electrons. The van der Waals surface area contributed by atoms with E-state index in [1.807, 2.05) is 0 Å². The minimum Gasteiger partial charge on any atom is -0.478 e. The number of sulfonamides is 1. The minimum atomic E-state index is -4.00. The SMILES string of the molecule is O=C(O)c1ccc(Cl)c(S(=O)(=O)NNc2ccccc2)c1. The first-order valence-electron chi connectivity index (χ1n) is 5.76. The number of anilines is 1. The molecule has 0 atom stereocenters. The Labute approximate surface area is 126 Å². The maximum atomic E-state index is 12.2. The molecule has 0 aliphatic heterocycles. The molecule has 0 spiro atoms. The zero-order valence-electron chi connectivity index (χ0n) is 10.6. The lowest BCUT2D eigenvalue weighted by atomic mass is 10.2. The minimum absolute atomic E-state index is 0.0673. The standard InChI is InChI=1S/C13H11ClN2O4S/c14-11-7-6-9(13(17)18)8-12(11)21(19,20)16-15-10-4-2-1-3-5-10/h1-8,15-16H,(H,17,18). The highest BCUT2D eigenvalue weighted by Gasteiger charge is 2.19. The van der Waals surface area contributed by atoms with Crippen LogP contribution in [0.25, 0.3) is 0 Å². The summed E-state index contributed by atoms with van der Waals surface area (Å²) in [5.74, 6) is -1.24. The van der Waals surface area contributed by atoms with Gasteiger partial charge in [-0.05, 0) is 30.3 Å². The van der Waals surface area contributed by atoms with Crippen molar-refractivity contribution < 1.29 is 18.3 Å². The molecule has 0 radical (unpaired) electrons. The molecule has 0 heterocycles. The second-order valence-corrected chi connectivity index (χ2v) is 6.10. The summed E-state index contributed by atoms with van der Waals surface area (Å²) in [6.45, 7) is 0. The van der Waals surface area contributed by atoms with Crippen LogP contribution in [0.2, 0.25) is 5.02 Å². The number of hydrogen-bond acceptors (Lipinski definition) is 4. The maximum absolute atomic E-state index is 12.2. The smallest absolute Gasteiger partial charge is 0.335 e. The zero-order valence-corrected chi connectivity index (χ0v) is 12.1. The maximum Gasteiger partial charge on any atom is 0.335 e. The third-order valence-electron chi connectivity index (χ3n) is 2.57. The van der Waals surface area contributed by atoms with Crippen molar-refractivity contribution in [1.29, 1.82) is 0 Å². The van der Waals surface area contributed by atoms with E-state index in [1.165, 1.54) is 12.1 Å². The van der Waals surface area contributed by atoms with Crippen molar-refractivity contribution in [1.82, 2.24) is 4.83 Å². The number of rotatable bonds is 5. The number of aromatic carboxylic acids is 1. The molecule has 0 saturated heterocycles. The lowest BCUT2D eigenvalue weighted by molar-refractivity contribution is 0.0696. The number of halogens is 1. The van der Waals surface area contributed by atoms with E-state index in [1.54, 1.807) is 30.3 Å². The molecular weight excluding hydrogens is 316 g/mol. The molecule has 2 aromatic rings.